The first-order chi connectivity index (χ1) is 15.9. The molecule has 0 radical (unpaired) electrons. The van der Waals surface area contributed by atoms with Crippen molar-refractivity contribution in [1.29, 1.82) is 0 Å². The van der Waals surface area contributed by atoms with Gasteiger partial charge in [-0.05, 0) is 51.1 Å². The molecule has 0 spiro atoms. The van der Waals surface area contributed by atoms with Gasteiger partial charge in [0.25, 0.3) is 11.5 Å². The number of aromatic nitrogens is 5. The van der Waals surface area contributed by atoms with Crippen molar-refractivity contribution in [2.75, 3.05) is 18.4 Å². The minimum atomic E-state index is -0.317. The third kappa shape index (κ3) is 4.40. The monoisotopic (exact) mass is 447 g/mol. The lowest BCUT2D eigenvalue weighted by molar-refractivity contribution is -0.131. The minimum Gasteiger partial charge on any atom is -0.342 e. The van der Waals surface area contributed by atoms with E-state index < -0.39 is 0 Å². The van der Waals surface area contributed by atoms with Crippen LogP contribution in [0.25, 0.3) is 16.7 Å². The quantitative estimate of drug-likeness (QED) is 0.451. The molecule has 0 saturated heterocycles. The predicted molar refractivity (Wildman–Crippen MR) is 125 cm³/mol. The smallest absolute Gasteiger partial charge is 0.264 e. The highest BCUT2D eigenvalue weighted by atomic mass is 16.2. The number of likely N-dealkylation sites (N-methyl/N-ethyl adjacent to an activating group) is 1. The number of carbonyl (C=O) groups is 2. The standard InChI is InChI=1S/C23H25N7O3/c1-4-28(5-2)22(32)14-29-11-10-16-12-17(6-7-19(16)29)25-23(33)18-13-24-30(15(18)3)20-8-9-21(31)27-26-20/h6-13H,4-5,14H2,1-3H3,(H,25,33)(H,27,31). The molecule has 0 aliphatic carbocycles. The zero-order chi connectivity index (χ0) is 23.5. The van der Waals surface area contributed by atoms with Gasteiger partial charge in [0.1, 0.15) is 6.54 Å². The Morgan fingerprint density at radius 1 is 1.12 bits per heavy atom. The van der Waals surface area contributed by atoms with Crippen LogP contribution in [0.1, 0.15) is 29.9 Å². The number of hydrogen-bond donors (Lipinski definition) is 2. The molecule has 0 bridgehead atoms. The summed E-state index contributed by atoms with van der Waals surface area (Å²) >= 11 is 0. The first kappa shape index (κ1) is 22.0. The molecule has 4 aromatic rings. The van der Waals surface area contributed by atoms with Gasteiger partial charge >= 0.3 is 0 Å². The van der Waals surface area contributed by atoms with Gasteiger partial charge < -0.3 is 14.8 Å². The number of amides is 2. The number of carbonyl (C=O) groups excluding carboxylic acids is 2. The van der Waals surface area contributed by atoms with Crippen LogP contribution >= 0.6 is 0 Å². The molecule has 0 aliphatic rings. The van der Waals surface area contributed by atoms with Crippen molar-refractivity contribution in [1.82, 2.24) is 29.4 Å². The third-order valence-corrected chi connectivity index (χ3v) is 5.59. The van der Waals surface area contributed by atoms with E-state index >= 15 is 0 Å². The van der Waals surface area contributed by atoms with E-state index in [0.29, 0.717) is 35.9 Å². The normalized spacial score (nSPS) is 11.0. The Labute approximate surface area is 189 Å². The van der Waals surface area contributed by atoms with Gasteiger partial charge in [-0.1, -0.05) is 0 Å². The summed E-state index contributed by atoms with van der Waals surface area (Å²) in [5.41, 5.74) is 2.22. The Morgan fingerprint density at radius 2 is 1.91 bits per heavy atom. The van der Waals surface area contributed by atoms with Gasteiger partial charge in [0.05, 0.1) is 17.5 Å². The molecule has 2 N–H and O–H groups in total. The van der Waals surface area contributed by atoms with Gasteiger partial charge in [-0.2, -0.15) is 10.2 Å². The van der Waals surface area contributed by atoms with Crippen LogP contribution in [0.5, 0.6) is 0 Å². The Hall–Kier alpha value is -4.21. The highest BCUT2D eigenvalue weighted by Crippen LogP contribution is 2.22. The van der Waals surface area contributed by atoms with E-state index in [1.807, 2.05) is 48.9 Å². The van der Waals surface area contributed by atoms with Crippen LogP contribution in [0.4, 0.5) is 5.69 Å². The Balaban J connectivity index is 1.51. The minimum absolute atomic E-state index is 0.0688. The van der Waals surface area contributed by atoms with Crippen LogP contribution in [0.15, 0.2) is 53.6 Å². The molecule has 3 aromatic heterocycles. The molecule has 0 atom stereocenters. The fraction of sp³-hybridized carbons (Fsp3) is 0.261. The van der Waals surface area contributed by atoms with Gasteiger partial charge in [0.15, 0.2) is 5.82 Å². The summed E-state index contributed by atoms with van der Waals surface area (Å²) in [5.74, 6) is 0.172. The van der Waals surface area contributed by atoms with Crippen molar-refractivity contribution in [2.24, 2.45) is 0 Å². The number of anilines is 1. The second-order valence-corrected chi connectivity index (χ2v) is 7.57. The zero-order valence-corrected chi connectivity index (χ0v) is 18.7. The van der Waals surface area contributed by atoms with E-state index in [2.05, 4.69) is 20.6 Å². The molecule has 2 amide bonds. The average Bonchev–Trinajstić information content (AvgIpc) is 3.38. The van der Waals surface area contributed by atoms with E-state index in [1.165, 1.54) is 23.0 Å². The summed E-state index contributed by atoms with van der Waals surface area (Å²) < 4.78 is 3.40. The number of nitrogens with zero attached hydrogens (tertiary/aromatic N) is 5. The molecule has 0 fully saturated rings. The van der Waals surface area contributed by atoms with E-state index in [4.69, 9.17) is 0 Å². The van der Waals surface area contributed by atoms with Crippen LogP contribution < -0.4 is 10.9 Å². The van der Waals surface area contributed by atoms with Gasteiger partial charge in [-0.25, -0.2) is 9.78 Å². The molecular weight excluding hydrogens is 422 g/mol. The first-order valence-corrected chi connectivity index (χ1v) is 10.7. The van der Waals surface area contributed by atoms with Crippen LogP contribution in [0, 0.1) is 6.92 Å². The molecule has 10 nitrogen and oxygen atoms in total. The lowest BCUT2D eigenvalue weighted by Crippen LogP contribution is -2.33. The van der Waals surface area contributed by atoms with Crippen molar-refractivity contribution in [3.63, 3.8) is 0 Å². The number of fused-ring (bicyclic) bond motifs is 1. The van der Waals surface area contributed by atoms with Crippen molar-refractivity contribution >= 4 is 28.4 Å². The van der Waals surface area contributed by atoms with Gasteiger partial charge in [-0.3, -0.25) is 14.4 Å². The molecule has 0 unspecified atom stereocenters. The number of aromatic amines is 1. The lowest BCUT2D eigenvalue weighted by atomic mass is 10.2. The lowest BCUT2D eigenvalue weighted by Gasteiger charge is -2.19. The number of hydrogen-bond acceptors (Lipinski definition) is 5. The van der Waals surface area contributed by atoms with E-state index in [1.54, 1.807) is 11.8 Å². The third-order valence-electron chi connectivity index (χ3n) is 5.59. The van der Waals surface area contributed by atoms with E-state index in [9.17, 15) is 14.4 Å². The van der Waals surface area contributed by atoms with Gasteiger partial charge in [-0.15, -0.1) is 0 Å². The molecule has 170 valence electrons. The number of rotatable bonds is 7. The molecule has 3 heterocycles. The molecule has 33 heavy (non-hydrogen) atoms. The van der Waals surface area contributed by atoms with Crippen LogP contribution in [0.3, 0.4) is 0 Å². The fourth-order valence-corrected chi connectivity index (χ4v) is 3.75. The molecule has 4 rings (SSSR count). The Morgan fingerprint density at radius 3 is 2.61 bits per heavy atom. The summed E-state index contributed by atoms with van der Waals surface area (Å²) in [6.07, 6.45) is 3.34. The maximum absolute atomic E-state index is 12.9. The van der Waals surface area contributed by atoms with E-state index in [-0.39, 0.29) is 23.9 Å². The Bertz CT molecular complexity index is 1360. The summed E-state index contributed by atoms with van der Waals surface area (Å²) in [4.78, 5) is 38.3. The average molecular weight is 447 g/mol. The van der Waals surface area contributed by atoms with Gasteiger partial charge in [0, 0.05) is 41.9 Å². The maximum Gasteiger partial charge on any atom is 0.264 e. The topological polar surface area (TPSA) is 118 Å². The SMILES string of the molecule is CCN(CC)C(=O)Cn1ccc2cc(NC(=O)c3cnn(-c4ccc(=O)[nH]n4)c3C)ccc21. The molecule has 0 aliphatic heterocycles. The molecule has 0 saturated carbocycles. The summed E-state index contributed by atoms with van der Waals surface area (Å²) in [5, 5.41) is 14.3. The van der Waals surface area contributed by atoms with Crippen LogP contribution in [-0.2, 0) is 11.3 Å². The highest BCUT2D eigenvalue weighted by molar-refractivity contribution is 6.05. The van der Waals surface area contributed by atoms with Crippen LogP contribution in [0.2, 0.25) is 0 Å². The van der Waals surface area contributed by atoms with Gasteiger partial charge in [0.2, 0.25) is 5.91 Å². The van der Waals surface area contributed by atoms with Crippen molar-refractivity contribution in [2.45, 2.75) is 27.3 Å². The number of H-pyrrole nitrogens is 1. The highest BCUT2D eigenvalue weighted by Gasteiger charge is 2.17. The zero-order valence-electron chi connectivity index (χ0n) is 18.7. The Kier molecular flexibility index (Phi) is 6.07. The molecule has 1 aromatic carbocycles. The summed E-state index contributed by atoms with van der Waals surface area (Å²) in [6, 6.07) is 10.4. The predicted octanol–water partition coefficient (Wildman–Crippen LogP) is 2.34. The largest absolute Gasteiger partial charge is 0.342 e. The van der Waals surface area contributed by atoms with E-state index in [0.717, 1.165) is 10.9 Å². The molecular formula is C23H25N7O3. The summed E-state index contributed by atoms with van der Waals surface area (Å²) in [6.45, 7) is 7.32. The second kappa shape index (κ2) is 9.11. The van der Waals surface area contributed by atoms with Crippen molar-refractivity contribution in [3.8, 4) is 5.82 Å². The molecule has 10 heteroatoms. The number of benzene rings is 1. The first-order valence-electron chi connectivity index (χ1n) is 10.7. The summed E-state index contributed by atoms with van der Waals surface area (Å²) in [7, 11) is 0. The second-order valence-electron chi connectivity index (χ2n) is 7.57. The number of nitrogens with one attached hydrogen (secondary N) is 2. The van der Waals surface area contributed by atoms with Crippen molar-refractivity contribution < 1.29 is 9.59 Å². The van der Waals surface area contributed by atoms with Crippen LogP contribution in [-0.4, -0.2) is 54.3 Å². The maximum atomic E-state index is 12.9. The van der Waals surface area contributed by atoms with Crippen molar-refractivity contribution in [3.05, 3.63) is 70.4 Å². The fourth-order valence-electron chi connectivity index (χ4n) is 3.75.